The topological polar surface area (TPSA) is 41.1 Å². The van der Waals surface area contributed by atoms with Crippen LogP contribution in [0, 0.1) is 0 Å². The van der Waals surface area contributed by atoms with E-state index < -0.39 is 0 Å². The summed E-state index contributed by atoms with van der Waals surface area (Å²) in [5.41, 5.74) is 3.35. The maximum absolute atomic E-state index is 12.1. The molecule has 0 fully saturated rings. The minimum Gasteiger partial charge on any atom is -0.352 e. The Kier molecular flexibility index (Phi) is 4.15. The number of carbonyl (C=O) groups is 1. The van der Waals surface area contributed by atoms with Gasteiger partial charge in [0.15, 0.2) is 0 Å². The van der Waals surface area contributed by atoms with Crippen molar-refractivity contribution in [1.82, 2.24) is 10.6 Å². The molecule has 3 nitrogen and oxygen atoms in total. The quantitative estimate of drug-likeness (QED) is 0.778. The minimum atomic E-state index is 0.0807. The van der Waals surface area contributed by atoms with Crippen LogP contribution in [0.4, 0.5) is 0 Å². The van der Waals surface area contributed by atoms with Gasteiger partial charge in [0.1, 0.15) is 0 Å². The Morgan fingerprint density at radius 2 is 2.35 bits per heavy atom. The van der Waals surface area contributed by atoms with Crippen LogP contribution in [0.2, 0.25) is 0 Å². The Labute approximate surface area is 103 Å². The molecule has 0 bridgehead atoms. The zero-order valence-electron chi connectivity index (χ0n) is 10.4. The smallest absolute Gasteiger partial charge is 0.251 e. The van der Waals surface area contributed by atoms with Crippen LogP contribution in [0.5, 0.6) is 0 Å². The molecule has 1 aromatic carbocycles. The van der Waals surface area contributed by atoms with Gasteiger partial charge in [-0.2, -0.15) is 0 Å². The lowest BCUT2D eigenvalue weighted by Crippen LogP contribution is -2.29. The molecule has 17 heavy (non-hydrogen) atoms. The first-order valence-corrected chi connectivity index (χ1v) is 6.42. The van der Waals surface area contributed by atoms with E-state index in [1.54, 1.807) is 0 Å². The van der Waals surface area contributed by atoms with Gasteiger partial charge in [-0.1, -0.05) is 25.5 Å². The second-order valence-electron chi connectivity index (χ2n) is 4.48. The van der Waals surface area contributed by atoms with Gasteiger partial charge in [0.2, 0.25) is 0 Å². The molecule has 0 aliphatic carbocycles. The Hall–Kier alpha value is -1.35. The molecule has 1 heterocycles. The van der Waals surface area contributed by atoms with E-state index >= 15 is 0 Å². The lowest BCUT2D eigenvalue weighted by atomic mass is 9.95. The molecule has 0 aromatic heterocycles. The molecule has 1 aromatic rings. The van der Waals surface area contributed by atoms with E-state index in [1.807, 2.05) is 12.1 Å². The number of fused-ring (bicyclic) bond motifs is 1. The Bertz CT molecular complexity index is 401. The number of hydrogen-bond acceptors (Lipinski definition) is 2. The summed E-state index contributed by atoms with van der Waals surface area (Å²) in [6.45, 7) is 4.75. The van der Waals surface area contributed by atoms with Gasteiger partial charge in [0.25, 0.3) is 5.91 Å². The normalized spacial score (nSPS) is 14.2. The van der Waals surface area contributed by atoms with Gasteiger partial charge in [-0.05, 0) is 36.6 Å². The number of amides is 1. The van der Waals surface area contributed by atoms with Crippen molar-refractivity contribution >= 4 is 5.91 Å². The highest BCUT2D eigenvalue weighted by molar-refractivity contribution is 5.96. The second kappa shape index (κ2) is 5.82. The van der Waals surface area contributed by atoms with Gasteiger partial charge in [-0.25, -0.2) is 0 Å². The first-order chi connectivity index (χ1) is 8.33. The van der Waals surface area contributed by atoms with E-state index in [1.165, 1.54) is 11.1 Å². The highest BCUT2D eigenvalue weighted by Gasteiger charge is 2.16. The molecule has 1 aliphatic rings. The van der Waals surface area contributed by atoms with Crippen LogP contribution in [0.3, 0.4) is 0 Å². The van der Waals surface area contributed by atoms with Crippen molar-refractivity contribution in [2.45, 2.75) is 32.7 Å². The standard InChI is InChI=1S/C14H20N2O/c1-2-3-8-16-14(17)13-6-4-5-11-10-15-9-7-12(11)13/h4-6,15H,2-3,7-10H2,1H3,(H,16,17). The molecule has 1 aliphatic heterocycles. The summed E-state index contributed by atoms with van der Waals surface area (Å²) in [6.07, 6.45) is 3.10. The van der Waals surface area contributed by atoms with Crippen molar-refractivity contribution < 1.29 is 4.79 Å². The van der Waals surface area contributed by atoms with Crippen molar-refractivity contribution in [1.29, 1.82) is 0 Å². The fourth-order valence-corrected chi connectivity index (χ4v) is 2.22. The summed E-state index contributed by atoms with van der Waals surface area (Å²) in [6, 6.07) is 6.01. The summed E-state index contributed by atoms with van der Waals surface area (Å²) < 4.78 is 0. The fourth-order valence-electron chi connectivity index (χ4n) is 2.22. The Morgan fingerprint density at radius 3 is 3.18 bits per heavy atom. The Morgan fingerprint density at radius 1 is 1.47 bits per heavy atom. The summed E-state index contributed by atoms with van der Waals surface area (Å²) in [7, 11) is 0. The van der Waals surface area contributed by atoms with Gasteiger partial charge in [0.05, 0.1) is 0 Å². The van der Waals surface area contributed by atoms with E-state index in [-0.39, 0.29) is 5.91 Å². The van der Waals surface area contributed by atoms with Crippen LogP contribution in [-0.2, 0) is 13.0 Å². The summed E-state index contributed by atoms with van der Waals surface area (Å²) in [5, 5.41) is 6.32. The lowest BCUT2D eigenvalue weighted by molar-refractivity contribution is 0.0952. The molecular formula is C14H20N2O. The number of unbranched alkanes of at least 4 members (excludes halogenated alkanes) is 1. The van der Waals surface area contributed by atoms with Crippen molar-refractivity contribution in [3.63, 3.8) is 0 Å². The molecular weight excluding hydrogens is 212 g/mol. The molecule has 1 amide bonds. The summed E-state index contributed by atoms with van der Waals surface area (Å²) in [4.78, 5) is 12.1. The highest BCUT2D eigenvalue weighted by Crippen LogP contribution is 2.18. The second-order valence-corrected chi connectivity index (χ2v) is 4.48. The van der Waals surface area contributed by atoms with E-state index in [9.17, 15) is 4.79 Å². The molecule has 0 saturated heterocycles. The minimum absolute atomic E-state index is 0.0807. The van der Waals surface area contributed by atoms with Crippen LogP contribution in [0.25, 0.3) is 0 Å². The molecule has 0 radical (unpaired) electrons. The molecule has 2 rings (SSSR count). The van der Waals surface area contributed by atoms with Crippen molar-refractivity contribution in [2.24, 2.45) is 0 Å². The first-order valence-electron chi connectivity index (χ1n) is 6.42. The maximum atomic E-state index is 12.1. The molecule has 0 unspecified atom stereocenters. The van der Waals surface area contributed by atoms with Crippen LogP contribution in [0.1, 0.15) is 41.3 Å². The SMILES string of the molecule is CCCCNC(=O)c1cccc2c1CCNC2. The van der Waals surface area contributed by atoms with Gasteiger partial charge in [-0.3, -0.25) is 4.79 Å². The molecule has 3 heteroatoms. The predicted molar refractivity (Wildman–Crippen MR) is 69.1 cm³/mol. The van der Waals surface area contributed by atoms with Gasteiger partial charge < -0.3 is 10.6 Å². The highest BCUT2D eigenvalue weighted by atomic mass is 16.1. The van der Waals surface area contributed by atoms with E-state index in [0.717, 1.165) is 44.5 Å². The third-order valence-electron chi connectivity index (χ3n) is 3.20. The summed E-state index contributed by atoms with van der Waals surface area (Å²) in [5.74, 6) is 0.0807. The maximum Gasteiger partial charge on any atom is 0.251 e. The predicted octanol–water partition coefficient (Wildman–Crippen LogP) is 1.86. The van der Waals surface area contributed by atoms with Crippen molar-refractivity contribution in [3.8, 4) is 0 Å². The zero-order valence-corrected chi connectivity index (χ0v) is 10.4. The van der Waals surface area contributed by atoms with Gasteiger partial charge in [0, 0.05) is 18.7 Å². The van der Waals surface area contributed by atoms with Gasteiger partial charge in [-0.15, -0.1) is 0 Å². The average Bonchev–Trinajstić information content (AvgIpc) is 2.38. The third kappa shape index (κ3) is 2.86. The van der Waals surface area contributed by atoms with Crippen LogP contribution >= 0.6 is 0 Å². The largest absolute Gasteiger partial charge is 0.352 e. The van der Waals surface area contributed by atoms with Gasteiger partial charge >= 0.3 is 0 Å². The molecule has 0 saturated carbocycles. The summed E-state index contributed by atoms with van der Waals surface area (Å²) >= 11 is 0. The molecule has 0 spiro atoms. The molecule has 92 valence electrons. The lowest BCUT2D eigenvalue weighted by Gasteiger charge is -2.19. The third-order valence-corrected chi connectivity index (χ3v) is 3.20. The average molecular weight is 232 g/mol. The van der Waals surface area contributed by atoms with E-state index in [0.29, 0.717) is 0 Å². The molecule has 0 atom stereocenters. The number of rotatable bonds is 4. The Balaban J connectivity index is 2.12. The first kappa shape index (κ1) is 12.1. The molecule has 2 N–H and O–H groups in total. The van der Waals surface area contributed by atoms with E-state index in [4.69, 9.17) is 0 Å². The van der Waals surface area contributed by atoms with Crippen LogP contribution in [-0.4, -0.2) is 19.0 Å². The fraction of sp³-hybridized carbons (Fsp3) is 0.500. The van der Waals surface area contributed by atoms with Crippen LogP contribution in [0.15, 0.2) is 18.2 Å². The number of nitrogens with one attached hydrogen (secondary N) is 2. The number of benzene rings is 1. The number of hydrogen-bond donors (Lipinski definition) is 2. The van der Waals surface area contributed by atoms with Crippen LogP contribution < -0.4 is 10.6 Å². The van der Waals surface area contributed by atoms with E-state index in [2.05, 4.69) is 23.6 Å². The number of carbonyl (C=O) groups excluding carboxylic acids is 1. The van der Waals surface area contributed by atoms with Crippen molar-refractivity contribution in [3.05, 3.63) is 34.9 Å². The zero-order chi connectivity index (χ0) is 12.1. The van der Waals surface area contributed by atoms with Crippen molar-refractivity contribution in [2.75, 3.05) is 13.1 Å². The monoisotopic (exact) mass is 232 g/mol.